The van der Waals surface area contributed by atoms with E-state index in [1.54, 1.807) is 24.4 Å². The number of benzene rings is 2. The third kappa shape index (κ3) is 4.50. The lowest BCUT2D eigenvalue weighted by atomic mass is 10.1. The van der Waals surface area contributed by atoms with Gasteiger partial charge in [0, 0.05) is 45.5 Å². The van der Waals surface area contributed by atoms with Crippen molar-refractivity contribution in [2.24, 2.45) is 0 Å². The molecule has 2 saturated heterocycles. The quantitative estimate of drug-likeness (QED) is 0.543. The summed E-state index contributed by atoms with van der Waals surface area (Å²) in [5.74, 6) is 0.548. The van der Waals surface area contributed by atoms with Gasteiger partial charge in [-0.25, -0.2) is 13.4 Å². The summed E-state index contributed by atoms with van der Waals surface area (Å²) in [5, 5.41) is 2.32. The fraction of sp³-hybridized carbons (Fsp3) is 0.360. The summed E-state index contributed by atoms with van der Waals surface area (Å²) in [6, 6.07) is 14.6. The number of halogens is 1. The zero-order valence-corrected chi connectivity index (χ0v) is 20.4. The Labute approximate surface area is 205 Å². The molecule has 0 bridgehead atoms. The van der Waals surface area contributed by atoms with Crippen LogP contribution in [0.15, 0.2) is 59.6 Å². The van der Waals surface area contributed by atoms with Crippen LogP contribution in [0.5, 0.6) is 0 Å². The predicted molar refractivity (Wildman–Crippen MR) is 134 cm³/mol. The molecule has 5 rings (SSSR count). The standard InChI is InChI=1S/C25H27ClN4O3S/c26-23-17-21(25(31)29-10-4-1-5-11-29)18-27-24(23)28-12-14-30(15-13-28)34(32,33)22-9-8-19-6-2-3-7-20(19)16-22/h2-3,6-9,16-18H,1,4-5,10-15H2. The van der Waals surface area contributed by atoms with Crippen LogP contribution in [0.25, 0.3) is 10.8 Å². The Morgan fingerprint density at radius 2 is 1.56 bits per heavy atom. The lowest BCUT2D eigenvalue weighted by Crippen LogP contribution is -2.49. The molecular weight excluding hydrogens is 472 g/mol. The smallest absolute Gasteiger partial charge is 0.255 e. The van der Waals surface area contributed by atoms with Crippen LogP contribution in [0.1, 0.15) is 29.6 Å². The highest BCUT2D eigenvalue weighted by Crippen LogP contribution is 2.28. The van der Waals surface area contributed by atoms with E-state index in [-0.39, 0.29) is 5.91 Å². The zero-order chi connectivity index (χ0) is 23.7. The number of piperidine rings is 1. The van der Waals surface area contributed by atoms with Crippen LogP contribution in [0, 0.1) is 0 Å². The van der Waals surface area contributed by atoms with E-state index < -0.39 is 10.0 Å². The molecule has 2 fully saturated rings. The van der Waals surface area contributed by atoms with Crippen LogP contribution in [-0.4, -0.2) is 67.8 Å². The first-order valence-electron chi connectivity index (χ1n) is 11.6. The Hall–Kier alpha value is -2.68. The van der Waals surface area contributed by atoms with Gasteiger partial charge in [-0.1, -0.05) is 41.9 Å². The molecule has 7 nitrogen and oxygen atoms in total. The molecule has 0 N–H and O–H groups in total. The summed E-state index contributed by atoms with van der Waals surface area (Å²) in [6.07, 6.45) is 4.79. The van der Waals surface area contributed by atoms with Gasteiger partial charge in [-0.2, -0.15) is 4.31 Å². The second-order valence-electron chi connectivity index (χ2n) is 8.78. The molecule has 1 aromatic heterocycles. The molecule has 2 aliphatic rings. The second kappa shape index (κ2) is 9.52. The third-order valence-electron chi connectivity index (χ3n) is 6.61. The van der Waals surface area contributed by atoms with Gasteiger partial charge in [0.15, 0.2) is 0 Å². The first-order chi connectivity index (χ1) is 16.4. The van der Waals surface area contributed by atoms with Crippen LogP contribution >= 0.6 is 11.6 Å². The fourth-order valence-corrected chi connectivity index (χ4v) is 6.42. The van der Waals surface area contributed by atoms with Gasteiger partial charge in [-0.15, -0.1) is 0 Å². The maximum atomic E-state index is 13.2. The summed E-state index contributed by atoms with van der Waals surface area (Å²) in [6.45, 7) is 3.15. The van der Waals surface area contributed by atoms with Gasteiger partial charge in [0.1, 0.15) is 5.82 Å². The lowest BCUT2D eigenvalue weighted by Gasteiger charge is -2.35. The number of sulfonamides is 1. The minimum Gasteiger partial charge on any atom is -0.353 e. The molecule has 34 heavy (non-hydrogen) atoms. The number of nitrogens with zero attached hydrogens (tertiary/aromatic N) is 4. The highest BCUT2D eigenvalue weighted by molar-refractivity contribution is 7.89. The molecular formula is C25H27ClN4O3S. The number of carbonyl (C=O) groups is 1. The minimum absolute atomic E-state index is 0.0352. The number of amides is 1. The van der Waals surface area contributed by atoms with Gasteiger partial charge >= 0.3 is 0 Å². The van der Waals surface area contributed by atoms with Gasteiger partial charge in [-0.3, -0.25) is 4.79 Å². The molecule has 9 heteroatoms. The van der Waals surface area contributed by atoms with Crippen molar-refractivity contribution in [2.75, 3.05) is 44.2 Å². The SMILES string of the molecule is O=C(c1cnc(N2CCN(S(=O)(=O)c3ccc4ccccc4c3)CC2)c(Cl)c1)N1CCCCC1. The van der Waals surface area contributed by atoms with E-state index in [4.69, 9.17) is 11.6 Å². The van der Waals surface area contributed by atoms with Crippen molar-refractivity contribution < 1.29 is 13.2 Å². The molecule has 178 valence electrons. The van der Waals surface area contributed by atoms with E-state index in [0.717, 1.165) is 43.1 Å². The number of carbonyl (C=O) groups excluding carboxylic acids is 1. The number of hydrogen-bond acceptors (Lipinski definition) is 5. The van der Waals surface area contributed by atoms with Crippen molar-refractivity contribution in [2.45, 2.75) is 24.2 Å². The molecule has 0 atom stereocenters. The number of likely N-dealkylation sites (tertiary alicyclic amines) is 1. The van der Waals surface area contributed by atoms with E-state index in [1.165, 1.54) is 4.31 Å². The minimum atomic E-state index is -3.60. The van der Waals surface area contributed by atoms with Crippen molar-refractivity contribution in [1.29, 1.82) is 0 Å². The van der Waals surface area contributed by atoms with E-state index in [1.807, 2.05) is 40.1 Å². The van der Waals surface area contributed by atoms with Gasteiger partial charge in [0.25, 0.3) is 5.91 Å². The number of aromatic nitrogens is 1. The summed E-state index contributed by atoms with van der Waals surface area (Å²) in [7, 11) is -3.60. The van der Waals surface area contributed by atoms with E-state index >= 15 is 0 Å². The van der Waals surface area contributed by atoms with Gasteiger partial charge in [0.2, 0.25) is 10.0 Å². The normalized spacial score (nSPS) is 17.8. The maximum Gasteiger partial charge on any atom is 0.255 e. The van der Waals surface area contributed by atoms with Crippen molar-refractivity contribution in [3.8, 4) is 0 Å². The first-order valence-corrected chi connectivity index (χ1v) is 13.4. The summed E-state index contributed by atoms with van der Waals surface area (Å²) >= 11 is 6.52. The largest absolute Gasteiger partial charge is 0.353 e. The maximum absolute atomic E-state index is 13.2. The number of hydrogen-bond donors (Lipinski definition) is 0. The number of pyridine rings is 1. The molecule has 2 aromatic carbocycles. The molecule has 0 unspecified atom stereocenters. The molecule has 2 aliphatic heterocycles. The molecule has 0 saturated carbocycles. The highest BCUT2D eigenvalue weighted by Gasteiger charge is 2.30. The van der Waals surface area contributed by atoms with E-state index in [0.29, 0.717) is 47.5 Å². The van der Waals surface area contributed by atoms with Gasteiger partial charge in [-0.05, 0) is 48.2 Å². The summed E-state index contributed by atoms with van der Waals surface area (Å²) < 4.78 is 28.0. The molecule has 0 radical (unpaired) electrons. The molecule has 3 aromatic rings. The summed E-state index contributed by atoms with van der Waals surface area (Å²) in [5.41, 5.74) is 0.494. The van der Waals surface area contributed by atoms with Crippen molar-refractivity contribution >= 4 is 44.1 Å². The van der Waals surface area contributed by atoms with Gasteiger partial charge < -0.3 is 9.80 Å². The van der Waals surface area contributed by atoms with E-state index in [2.05, 4.69) is 4.98 Å². The molecule has 3 heterocycles. The predicted octanol–water partition coefficient (Wildman–Crippen LogP) is 4.03. The average Bonchev–Trinajstić information content (AvgIpc) is 2.88. The average molecular weight is 499 g/mol. The Morgan fingerprint density at radius 3 is 2.26 bits per heavy atom. The van der Waals surface area contributed by atoms with E-state index in [9.17, 15) is 13.2 Å². The highest BCUT2D eigenvalue weighted by atomic mass is 35.5. The van der Waals surface area contributed by atoms with Crippen LogP contribution in [0.3, 0.4) is 0 Å². The molecule has 0 aliphatic carbocycles. The van der Waals surface area contributed by atoms with Crippen LogP contribution in [0.2, 0.25) is 5.02 Å². The zero-order valence-electron chi connectivity index (χ0n) is 18.9. The Kier molecular flexibility index (Phi) is 6.46. The number of fused-ring (bicyclic) bond motifs is 1. The first kappa shape index (κ1) is 23.1. The van der Waals surface area contributed by atoms with Crippen molar-refractivity contribution in [3.05, 3.63) is 65.3 Å². The monoisotopic (exact) mass is 498 g/mol. The Morgan fingerprint density at radius 1 is 0.853 bits per heavy atom. The number of anilines is 1. The van der Waals surface area contributed by atoms with Crippen molar-refractivity contribution in [3.63, 3.8) is 0 Å². The lowest BCUT2D eigenvalue weighted by molar-refractivity contribution is 0.0724. The fourth-order valence-electron chi connectivity index (χ4n) is 4.68. The van der Waals surface area contributed by atoms with Crippen LogP contribution < -0.4 is 4.90 Å². The van der Waals surface area contributed by atoms with Crippen LogP contribution in [-0.2, 0) is 10.0 Å². The molecule has 0 spiro atoms. The Bertz CT molecular complexity index is 1320. The Balaban J connectivity index is 1.27. The molecule has 1 amide bonds. The van der Waals surface area contributed by atoms with Crippen molar-refractivity contribution in [1.82, 2.24) is 14.2 Å². The van der Waals surface area contributed by atoms with Gasteiger partial charge in [0.05, 0.1) is 15.5 Å². The second-order valence-corrected chi connectivity index (χ2v) is 11.1. The third-order valence-corrected chi connectivity index (χ3v) is 8.78. The summed E-state index contributed by atoms with van der Waals surface area (Å²) in [4.78, 5) is 21.4. The number of piperazine rings is 1. The topological polar surface area (TPSA) is 73.8 Å². The number of rotatable bonds is 4. The van der Waals surface area contributed by atoms with Crippen LogP contribution in [0.4, 0.5) is 5.82 Å².